The molecule has 0 aromatic carbocycles. The second-order valence-corrected chi connectivity index (χ2v) is 11.5. The van der Waals surface area contributed by atoms with Crippen LogP contribution in [0.25, 0.3) is 21.9 Å². The number of ether oxygens (including phenoxy) is 1. The molecule has 44 heavy (non-hydrogen) atoms. The second-order valence-electron chi connectivity index (χ2n) is 9.47. The number of hydrogen-bond donors (Lipinski definition) is 3. The number of aromatic amines is 1. The molecule has 1 unspecified atom stereocenters. The maximum Gasteiger partial charge on any atom is 0.352 e. The van der Waals surface area contributed by atoms with E-state index in [0.717, 1.165) is 4.88 Å². The summed E-state index contributed by atoms with van der Waals surface area (Å²) in [6.45, 7) is 1.46. The quantitative estimate of drug-likeness (QED) is 0.0705. The van der Waals surface area contributed by atoms with Gasteiger partial charge in [-0.25, -0.2) is 14.6 Å². The molecule has 6 rings (SSSR count). The molecule has 1 fully saturated rings. The Balaban J connectivity index is 1.18. The number of β-lactam (4-membered cyclic amide) rings is 1. The van der Waals surface area contributed by atoms with Gasteiger partial charge in [-0.15, -0.1) is 23.1 Å². The SMILES string of the molecule is CCOC(=O)CON=C(C(=O)NC1C(=O)N2C(C(=O)O)=C(C[n+]3ccc4nc(-c5cccs5)oc4c3)CS[C@@H]12)c1ccn[nH]1. The van der Waals surface area contributed by atoms with E-state index in [9.17, 15) is 24.3 Å². The number of carboxylic acid groups (broad SMARTS) is 1. The van der Waals surface area contributed by atoms with E-state index < -0.39 is 41.8 Å². The fraction of sp³-hybridized carbons (Fsp3) is 0.259. The molecule has 0 radical (unpaired) electrons. The molecular weight excluding hydrogens is 614 g/mol. The van der Waals surface area contributed by atoms with Crippen molar-refractivity contribution in [2.75, 3.05) is 19.0 Å². The molecule has 4 aromatic heterocycles. The summed E-state index contributed by atoms with van der Waals surface area (Å²) in [6.07, 6.45) is 4.90. The van der Waals surface area contributed by atoms with Gasteiger partial charge >= 0.3 is 11.9 Å². The Morgan fingerprint density at radius 3 is 2.91 bits per heavy atom. The largest absolute Gasteiger partial charge is 0.477 e. The van der Waals surface area contributed by atoms with E-state index >= 15 is 0 Å². The fourth-order valence-electron chi connectivity index (χ4n) is 4.71. The first kappa shape index (κ1) is 29.1. The summed E-state index contributed by atoms with van der Waals surface area (Å²) in [5.41, 5.74) is 1.52. The molecule has 2 aliphatic heterocycles. The van der Waals surface area contributed by atoms with E-state index in [1.165, 1.54) is 40.3 Å². The molecule has 0 spiro atoms. The van der Waals surface area contributed by atoms with Crippen molar-refractivity contribution in [2.24, 2.45) is 5.16 Å². The third-order valence-electron chi connectivity index (χ3n) is 6.64. The van der Waals surface area contributed by atoms with Gasteiger partial charge in [0.05, 0.1) is 17.2 Å². The molecule has 0 bridgehead atoms. The van der Waals surface area contributed by atoms with Gasteiger partial charge in [-0.3, -0.25) is 19.6 Å². The van der Waals surface area contributed by atoms with Crippen LogP contribution in [0.15, 0.2) is 69.1 Å². The number of fused-ring (bicyclic) bond motifs is 2. The Hall–Kier alpha value is -5.03. The molecule has 4 aromatic rings. The maximum atomic E-state index is 13.2. The van der Waals surface area contributed by atoms with Crippen molar-refractivity contribution in [3.05, 3.63) is 65.2 Å². The molecule has 2 amide bonds. The number of carbonyl (C=O) groups is 4. The summed E-state index contributed by atoms with van der Waals surface area (Å²) in [4.78, 5) is 62.0. The lowest BCUT2D eigenvalue weighted by molar-refractivity contribution is -0.688. The van der Waals surface area contributed by atoms with Gasteiger partial charge in [-0.1, -0.05) is 11.2 Å². The summed E-state index contributed by atoms with van der Waals surface area (Å²) in [6, 6.07) is 6.05. The number of nitrogens with zero attached hydrogens (tertiary/aromatic N) is 5. The van der Waals surface area contributed by atoms with Crippen molar-refractivity contribution in [1.82, 2.24) is 25.4 Å². The van der Waals surface area contributed by atoms with E-state index in [1.54, 1.807) is 30.0 Å². The number of oxazole rings is 1. The van der Waals surface area contributed by atoms with Gasteiger partial charge in [0, 0.05) is 23.6 Å². The minimum Gasteiger partial charge on any atom is -0.477 e. The van der Waals surface area contributed by atoms with Crippen LogP contribution in [-0.4, -0.2) is 85.0 Å². The zero-order chi connectivity index (χ0) is 30.8. The Morgan fingerprint density at radius 2 is 2.18 bits per heavy atom. The number of pyridine rings is 1. The standard InChI is InChI=1S/C27H23N7O8S2/c1-2-40-19(35)12-41-32-20(16-5-7-28-31-16)23(36)30-21-25(37)34-22(27(38)39)14(13-44-26(21)34)10-33-8-6-15-17(11-33)42-24(29-15)18-4-3-9-43-18/h3-9,11,21,26H,2,10,12-13H2,1H3,(H2-,28,30,31,32,36,38,39)/p+1/t21?,26-/m0/s1. The van der Waals surface area contributed by atoms with Crippen LogP contribution in [0.4, 0.5) is 0 Å². The number of aromatic nitrogens is 4. The lowest BCUT2D eigenvalue weighted by atomic mass is 10.0. The van der Waals surface area contributed by atoms with Gasteiger partial charge in [-0.2, -0.15) is 9.67 Å². The van der Waals surface area contributed by atoms with Gasteiger partial charge in [-0.05, 0) is 24.4 Å². The number of aliphatic carboxylic acids is 1. The zero-order valence-electron chi connectivity index (χ0n) is 23.0. The predicted molar refractivity (Wildman–Crippen MR) is 155 cm³/mol. The van der Waals surface area contributed by atoms with E-state index in [0.29, 0.717) is 28.3 Å². The minimum absolute atomic E-state index is 0.131. The Morgan fingerprint density at radius 1 is 1.32 bits per heavy atom. The highest BCUT2D eigenvalue weighted by atomic mass is 32.2. The molecule has 0 saturated carbocycles. The van der Waals surface area contributed by atoms with E-state index in [1.807, 2.05) is 17.5 Å². The summed E-state index contributed by atoms with van der Waals surface area (Å²) >= 11 is 2.84. The summed E-state index contributed by atoms with van der Waals surface area (Å²) < 4.78 is 12.5. The van der Waals surface area contributed by atoms with Crippen LogP contribution in [0.3, 0.4) is 0 Å². The third-order valence-corrected chi connectivity index (χ3v) is 8.84. The average molecular weight is 639 g/mol. The summed E-state index contributed by atoms with van der Waals surface area (Å²) in [7, 11) is 0. The molecule has 0 aliphatic carbocycles. The van der Waals surface area contributed by atoms with Gasteiger partial charge in [0.15, 0.2) is 18.5 Å². The lowest BCUT2D eigenvalue weighted by Crippen LogP contribution is -2.71. The highest BCUT2D eigenvalue weighted by Gasteiger charge is 2.54. The van der Waals surface area contributed by atoms with Crippen LogP contribution in [-0.2, 0) is 35.3 Å². The molecule has 226 valence electrons. The number of H-pyrrole nitrogens is 1. The number of thiophene rings is 1. The number of thioether (sulfide) groups is 1. The Kier molecular flexibility index (Phi) is 8.12. The zero-order valence-corrected chi connectivity index (χ0v) is 24.6. The van der Waals surface area contributed by atoms with Gasteiger partial charge in [0.2, 0.25) is 24.3 Å². The smallest absolute Gasteiger partial charge is 0.352 e. The highest BCUT2D eigenvalue weighted by molar-refractivity contribution is 8.00. The number of carboxylic acids is 1. The Labute approximate surface area is 256 Å². The third kappa shape index (κ3) is 5.66. The summed E-state index contributed by atoms with van der Waals surface area (Å²) in [5.74, 6) is -2.49. The number of nitrogens with one attached hydrogen (secondary N) is 2. The topological polar surface area (TPSA) is 193 Å². The van der Waals surface area contributed by atoms with Crippen LogP contribution in [0.2, 0.25) is 0 Å². The molecule has 15 nitrogen and oxygen atoms in total. The molecule has 1 saturated heterocycles. The number of carbonyl (C=O) groups excluding carboxylic acids is 3. The molecule has 2 atom stereocenters. The van der Waals surface area contributed by atoms with E-state index in [4.69, 9.17) is 14.0 Å². The molecule has 2 aliphatic rings. The van der Waals surface area contributed by atoms with Crippen molar-refractivity contribution < 1.29 is 42.8 Å². The van der Waals surface area contributed by atoms with Crippen LogP contribution < -0.4 is 9.88 Å². The van der Waals surface area contributed by atoms with Gasteiger partial charge in [0.25, 0.3) is 11.8 Å². The second kappa shape index (κ2) is 12.3. The van der Waals surface area contributed by atoms with Crippen LogP contribution in [0.5, 0.6) is 0 Å². The minimum atomic E-state index is -1.25. The maximum absolute atomic E-state index is 13.2. The predicted octanol–water partition coefficient (Wildman–Crippen LogP) is 1.29. The van der Waals surface area contributed by atoms with Crippen LogP contribution in [0.1, 0.15) is 12.6 Å². The summed E-state index contributed by atoms with van der Waals surface area (Å²) in [5, 5.41) is 24.1. The van der Waals surface area contributed by atoms with Crippen molar-refractivity contribution in [2.45, 2.75) is 24.9 Å². The molecule has 3 N–H and O–H groups in total. The Bertz CT molecular complexity index is 1800. The number of rotatable bonds is 11. The fourth-order valence-corrected chi connectivity index (χ4v) is 6.69. The number of esters is 1. The molecular formula is C27H24N7O8S2+. The van der Waals surface area contributed by atoms with Gasteiger partial charge in [0.1, 0.15) is 22.6 Å². The monoisotopic (exact) mass is 638 g/mol. The van der Waals surface area contributed by atoms with E-state index in [-0.39, 0.29) is 30.3 Å². The first-order chi connectivity index (χ1) is 21.3. The van der Waals surface area contributed by atoms with E-state index in [2.05, 4.69) is 25.7 Å². The van der Waals surface area contributed by atoms with Crippen molar-refractivity contribution in [3.8, 4) is 10.8 Å². The highest BCUT2D eigenvalue weighted by Crippen LogP contribution is 2.40. The van der Waals surface area contributed by atoms with Crippen molar-refractivity contribution in [1.29, 1.82) is 0 Å². The first-order valence-corrected chi connectivity index (χ1v) is 15.2. The van der Waals surface area contributed by atoms with Gasteiger partial charge < -0.3 is 24.4 Å². The van der Waals surface area contributed by atoms with Crippen molar-refractivity contribution >= 4 is 63.7 Å². The van der Waals surface area contributed by atoms with Crippen molar-refractivity contribution in [3.63, 3.8) is 0 Å². The first-order valence-electron chi connectivity index (χ1n) is 13.2. The lowest BCUT2D eigenvalue weighted by Gasteiger charge is -2.49. The number of oxime groups is 1. The molecule has 17 heteroatoms. The number of amides is 2. The average Bonchev–Trinajstić information content (AvgIpc) is 3.80. The van der Waals surface area contributed by atoms with Crippen LogP contribution in [0, 0.1) is 0 Å². The van der Waals surface area contributed by atoms with Crippen LogP contribution >= 0.6 is 23.1 Å². The molecule has 6 heterocycles. The number of hydrogen-bond acceptors (Lipinski definition) is 12. The normalized spacial score (nSPS) is 18.2.